The van der Waals surface area contributed by atoms with Gasteiger partial charge in [-0.3, -0.25) is 14.9 Å². The van der Waals surface area contributed by atoms with Gasteiger partial charge in [-0.05, 0) is 17.7 Å². The molecule has 3 heterocycles. The van der Waals surface area contributed by atoms with Crippen LogP contribution in [0.3, 0.4) is 0 Å². The molecule has 1 aromatic carbocycles. The maximum Gasteiger partial charge on any atom is 0.230 e. The van der Waals surface area contributed by atoms with E-state index < -0.39 is 0 Å². The summed E-state index contributed by atoms with van der Waals surface area (Å²) in [4.78, 5) is 24.6. The number of furan rings is 1. The number of benzene rings is 1. The van der Waals surface area contributed by atoms with Crippen LogP contribution in [0.2, 0.25) is 0 Å². The molecule has 0 aliphatic carbocycles. The van der Waals surface area contributed by atoms with Crippen LogP contribution < -0.4 is 5.32 Å². The zero-order valence-corrected chi connectivity index (χ0v) is 12.7. The number of amides is 2. The van der Waals surface area contributed by atoms with Crippen molar-refractivity contribution < 1.29 is 14.0 Å². The fourth-order valence-electron chi connectivity index (χ4n) is 3.29. The number of rotatable bonds is 2. The molecule has 1 N–H and O–H groups in total. The smallest absolute Gasteiger partial charge is 0.230 e. The van der Waals surface area contributed by atoms with Crippen molar-refractivity contribution in [2.75, 3.05) is 5.75 Å². The van der Waals surface area contributed by atoms with Crippen molar-refractivity contribution in [2.45, 2.75) is 23.7 Å². The number of imide groups is 1. The summed E-state index contributed by atoms with van der Waals surface area (Å²) in [5, 5.41) is 2.41. The van der Waals surface area contributed by atoms with Crippen molar-refractivity contribution in [3.63, 3.8) is 0 Å². The number of carbonyl (C=O) groups is 2. The molecule has 1 fully saturated rings. The first-order valence-electron chi connectivity index (χ1n) is 7.37. The summed E-state index contributed by atoms with van der Waals surface area (Å²) in [5.41, 5.74) is 2.20. The van der Waals surface area contributed by atoms with Gasteiger partial charge in [0.25, 0.3) is 0 Å². The van der Waals surface area contributed by atoms with Crippen molar-refractivity contribution >= 4 is 23.6 Å². The van der Waals surface area contributed by atoms with Crippen LogP contribution in [0.5, 0.6) is 0 Å². The molecule has 0 bridgehead atoms. The van der Waals surface area contributed by atoms with Crippen molar-refractivity contribution in [3.05, 3.63) is 42.4 Å². The lowest BCUT2D eigenvalue weighted by Gasteiger charge is -2.24. The summed E-state index contributed by atoms with van der Waals surface area (Å²) in [6.45, 7) is 0. The van der Waals surface area contributed by atoms with Gasteiger partial charge in [-0.1, -0.05) is 30.3 Å². The molecule has 5 heteroatoms. The molecule has 2 aromatic rings. The predicted molar refractivity (Wildman–Crippen MR) is 83.5 cm³/mol. The number of fused-ring (bicyclic) bond motifs is 1. The van der Waals surface area contributed by atoms with E-state index in [1.807, 2.05) is 18.2 Å². The highest BCUT2D eigenvalue weighted by Gasteiger charge is 2.41. The lowest BCUT2D eigenvalue weighted by Crippen LogP contribution is -2.26. The van der Waals surface area contributed by atoms with Crippen LogP contribution >= 0.6 is 11.8 Å². The Balaban J connectivity index is 1.73. The molecule has 1 aromatic heterocycles. The Morgan fingerprint density at radius 1 is 1.14 bits per heavy atom. The molecule has 112 valence electrons. The van der Waals surface area contributed by atoms with E-state index in [1.54, 1.807) is 18.0 Å². The third-order valence-corrected chi connectivity index (χ3v) is 5.51. The van der Waals surface area contributed by atoms with Crippen LogP contribution in [0, 0.1) is 5.92 Å². The summed E-state index contributed by atoms with van der Waals surface area (Å²) in [6.07, 6.45) is 2.92. The second-order valence-electron chi connectivity index (χ2n) is 5.68. The van der Waals surface area contributed by atoms with Gasteiger partial charge in [-0.25, -0.2) is 0 Å². The number of nitrogens with one attached hydrogen (secondary N) is 1. The fraction of sp³-hybridized carbons (Fsp3) is 0.294. The topological polar surface area (TPSA) is 59.3 Å². The van der Waals surface area contributed by atoms with Crippen molar-refractivity contribution in [1.29, 1.82) is 0 Å². The summed E-state index contributed by atoms with van der Waals surface area (Å²) < 4.78 is 5.84. The lowest BCUT2D eigenvalue weighted by molar-refractivity contribution is -0.126. The first-order valence-corrected chi connectivity index (χ1v) is 8.36. The molecule has 0 radical (unpaired) electrons. The van der Waals surface area contributed by atoms with Crippen molar-refractivity contribution in [3.8, 4) is 11.1 Å². The molecule has 1 saturated heterocycles. The lowest BCUT2D eigenvalue weighted by atomic mass is 9.86. The fourth-order valence-corrected chi connectivity index (χ4v) is 4.52. The molecular weight excluding hydrogens is 298 g/mol. The maximum atomic E-state index is 12.0. The van der Waals surface area contributed by atoms with Gasteiger partial charge in [0.1, 0.15) is 5.76 Å². The first-order chi connectivity index (χ1) is 10.7. The van der Waals surface area contributed by atoms with Gasteiger partial charge in [-0.15, -0.1) is 11.8 Å². The molecule has 0 spiro atoms. The number of carbonyl (C=O) groups excluding carboxylic acids is 2. The zero-order chi connectivity index (χ0) is 15.1. The van der Waals surface area contributed by atoms with Gasteiger partial charge < -0.3 is 4.42 Å². The summed E-state index contributed by atoms with van der Waals surface area (Å²) in [7, 11) is 0. The number of hydrogen-bond acceptors (Lipinski definition) is 4. The Hall–Kier alpha value is -2.01. The van der Waals surface area contributed by atoms with E-state index in [1.165, 1.54) is 0 Å². The van der Waals surface area contributed by atoms with E-state index in [9.17, 15) is 9.59 Å². The molecule has 22 heavy (non-hydrogen) atoms. The Labute approximate surface area is 132 Å². The maximum absolute atomic E-state index is 12.0. The van der Waals surface area contributed by atoms with Crippen LogP contribution in [0.15, 0.2) is 45.9 Å². The minimum atomic E-state index is -0.290. The minimum Gasteiger partial charge on any atom is -0.467 e. The van der Waals surface area contributed by atoms with Gasteiger partial charge >= 0.3 is 0 Å². The second kappa shape index (κ2) is 5.32. The van der Waals surface area contributed by atoms with Crippen LogP contribution in [-0.2, 0) is 9.59 Å². The van der Waals surface area contributed by atoms with Crippen molar-refractivity contribution in [1.82, 2.24) is 5.32 Å². The molecule has 2 aliphatic rings. The normalized spacial score (nSPS) is 24.2. The van der Waals surface area contributed by atoms with E-state index in [4.69, 9.17) is 4.42 Å². The van der Waals surface area contributed by atoms with Crippen molar-refractivity contribution in [2.24, 2.45) is 5.92 Å². The standard InChI is InChI=1S/C17H15NO3S/c19-14-8-12(17(20)18-14)11-6-7-22-16-13(9-21-15(11)16)10-4-2-1-3-5-10/h1-5,9,11-12H,6-8H2,(H,18,19,20). The largest absolute Gasteiger partial charge is 0.467 e. The van der Waals surface area contributed by atoms with E-state index in [2.05, 4.69) is 17.4 Å². The van der Waals surface area contributed by atoms with Crippen LogP contribution in [0.25, 0.3) is 11.1 Å². The third kappa shape index (κ3) is 2.16. The quantitative estimate of drug-likeness (QED) is 0.865. The zero-order valence-electron chi connectivity index (χ0n) is 11.9. The Morgan fingerprint density at radius 2 is 1.95 bits per heavy atom. The van der Waals surface area contributed by atoms with Gasteiger partial charge in [0.05, 0.1) is 17.1 Å². The highest BCUT2D eigenvalue weighted by atomic mass is 32.2. The summed E-state index contributed by atoms with van der Waals surface area (Å²) in [5.74, 6) is 1.18. The average Bonchev–Trinajstić information content (AvgIpc) is 3.11. The van der Waals surface area contributed by atoms with E-state index in [-0.39, 0.29) is 30.1 Å². The van der Waals surface area contributed by atoms with Gasteiger partial charge in [0, 0.05) is 17.9 Å². The third-order valence-electron chi connectivity index (χ3n) is 4.36. The minimum absolute atomic E-state index is 0.000150. The average molecular weight is 313 g/mol. The first kappa shape index (κ1) is 13.6. The van der Waals surface area contributed by atoms with Gasteiger partial charge in [0.15, 0.2) is 0 Å². The highest BCUT2D eigenvalue weighted by Crippen LogP contribution is 2.48. The summed E-state index contributed by atoms with van der Waals surface area (Å²) >= 11 is 1.77. The Bertz CT molecular complexity index is 738. The Morgan fingerprint density at radius 3 is 2.68 bits per heavy atom. The van der Waals surface area contributed by atoms with Gasteiger partial charge in [0.2, 0.25) is 11.8 Å². The van der Waals surface area contributed by atoms with Crippen LogP contribution in [0.4, 0.5) is 0 Å². The molecule has 0 saturated carbocycles. The SMILES string of the molecule is O=C1CC(C2CCSc3c(-c4ccccc4)coc32)C(=O)N1. The van der Waals surface area contributed by atoms with Gasteiger partial charge in [-0.2, -0.15) is 0 Å². The summed E-state index contributed by atoms with van der Waals surface area (Å²) in [6, 6.07) is 10.1. The molecular formula is C17H15NO3S. The molecule has 2 atom stereocenters. The van der Waals surface area contributed by atoms with E-state index >= 15 is 0 Å². The predicted octanol–water partition coefficient (Wildman–Crippen LogP) is 3.19. The highest BCUT2D eigenvalue weighted by molar-refractivity contribution is 7.99. The monoisotopic (exact) mass is 313 g/mol. The number of thioether (sulfide) groups is 1. The Kier molecular flexibility index (Phi) is 3.30. The molecule has 2 unspecified atom stereocenters. The molecule has 4 nitrogen and oxygen atoms in total. The molecule has 2 aliphatic heterocycles. The number of hydrogen-bond donors (Lipinski definition) is 1. The van der Waals surface area contributed by atoms with Crippen LogP contribution in [0.1, 0.15) is 24.5 Å². The molecule has 2 amide bonds. The van der Waals surface area contributed by atoms with Crippen LogP contribution in [-0.4, -0.2) is 17.6 Å². The van der Waals surface area contributed by atoms with E-state index in [0.717, 1.165) is 34.0 Å². The second-order valence-corrected chi connectivity index (χ2v) is 6.78. The molecule has 4 rings (SSSR count). The van der Waals surface area contributed by atoms with E-state index in [0.29, 0.717) is 0 Å².